The van der Waals surface area contributed by atoms with Gasteiger partial charge in [-0.3, -0.25) is 0 Å². The van der Waals surface area contributed by atoms with E-state index in [1.165, 1.54) is 19.2 Å². The minimum absolute atomic E-state index is 0.000183. The van der Waals surface area contributed by atoms with Crippen LogP contribution in [0.5, 0.6) is 17.2 Å². The Balaban J connectivity index is 2.34. The van der Waals surface area contributed by atoms with Crippen molar-refractivity contribution in [2.75, 3.05) is 12.4 Å². The molecule has 22 heavy (non-hydrogen) atoms. The predicted molar refractivity (Wildman–Crippen MR) is 86.9 cm³/mol. The smallest absolute Gasteiger partial charge is 0.337 e. The van der Waals surface area contributed by atoms with Gasteiger partial charge in [0, 0.05) is 0 Å². The Bertz CT molecular complexity index is 718. The maximum Gasteiger partial charge on any atom is 0.337 e. The number of benzene rings is 2. The van der Waals surface area contributed by atoms with Crippen molar-refractivity contribution in [2.45, 2.75) is 0 Å². The fourth-order valence-corrected chi connectivity index (χ4v) is 1.95. The van der Waals surface area contributed by atoms with Crippen molar-refractivity contribution in [3.8, 4) is 17.2 Å². The molecule has 0 unspecified atom stereocenters. The highest BCUT2D eigenvalue weighted by Crippen LogP contribution is 2.32. The number of hydrogen-bond acceptors (Lipinski definition) is 4. The molecule has 6 nitrogen and oxygen atoms in total. The van der Waals surface area contributed by atoms with Crippen molar-refractivity contribution in [2.24, 2.45) is 5.73 Å². The number of thiocarbonyl (C=S) groups is 1. The average molecular weight is 318 g/mol. The molecule has 0 heterocycles. The summed E-state index contributed by atoms with van der Waals surface area (Å²) in [4.78, 5) is 11.3. The van der Waals surface area contributed by atoms with E-state index in [1.54, 1.807) is 24.3 Å². The number of carboxylic acids is 1. The summed E-state index contributed by atoms with van der Waals surface area (Å²) in [5.74, 6) is 0.265. The minimum atomic E-state index is -1.12. The molecule has 0 bridgehead atoms. The van der Waals surface area contributed by atoms with Crippen molar-refractivity contribution in [3.63, 3.8) is 0 Å². The van der Waals surface area contributed by atoms with Crippen LogP contribution in [0.4, 0.5) is 5.69 Å². The second-order valence-corrected chi connectivity index (χ2v) is 4.69. The van der Waals surface area contributed by atoms with Crippen LogP contribution in [-0.2, 0) is 0 Å². The van der Waals surface area contributed by atoms with Crippen molar-refractivity contribution in [3.05, 3.63) is 48.0 Å². The molecule has 0 fully saturated rings. The van der Waals surface area contributed by atoms with Gasteiger partial charge in [0.05, 0.1) is 18.4 Å². The minimum Gasteiger partial charge on any atom is -0.493 e. The first-order valence-corrected chi connectivity index (χ1v) is 6.66. The quantitative estimate of drug-likeness (QED) is 0.730. The first-order chi connectivity index (χ1) is 10.5. The Hall–Kier alpha value is -2.80. The van der Waals surface area contributed by atoms with Crippen LogP contribution in [0.1, 0.15) is 10.4 Å². The number of methoxy groups -OCH3 is 1. The van der Waals surface area contributed by atoms with E-state index >= 15 is 0 Å². The lowest BCUT2D eigenvalue weighted by molar-refractivity contribution is 0.0697. The number of carboxylic acid groups (broad SMARTS) is 1. The molecule has 0 amide bonds. The molecule has 7 heteroatoms. The van der Waals surface area contributed by atoms with Gasteiger partial charge < -0.3 is 25.6 Å². The molecule has 0 atom stereocenters. The zero-order valence-corrected chi connectivity index (χ0v) is 12.5. The van der Waals surface area contributed by atoms with E-state index in [9.17, 15) is 9.90 Å². The standard InChI is InChI=1S/C15H14N2O4S/c1-20-12-4-2-3-5-13(12)21-9-6-7-11(17-15(16)22)10(8-9)14(18)19/h2-8H,1H3,(H,18,19)(H3,16,17,22). The van der Waals surface area contributed by atoms with E-state index in [0.29, 0.717) is 22.9 Å². The van der Waals surface area contributed by atoms with Gasteiger partial charge in [0.15, 0.2) is 16.6 Å². The Morgan fingerprint density at radius 3 is 2.50 bits per heavy atom. The lowest BCUT2D eigenvalue weighted by atomic mass is 10.1. The van der Waals surface area contributed by atoms with Crippen LogP contribution < -0.4 is 20.5 Å². The van der Waals surface area contributed by atoms with Crippen molar-refractivity contribution >= 4 is 29.0 Å². The summed E-state index contributed by atoms with van der Waals surface area (Å²) in [5, 5.41) is 11.9. The number of hydrogen-bond donors (Lipinski definition) is 3. The van der Waals surface area contributed by atoms with Crippen LogP contribution >= 0.6 is 12.2 Å². The number of rotatable bonds is 5. The second-order valence-electron chi connectivity index (χ2n) is 4.25. The summed E-state index contributed by atoms with van der Waals surface area (Å²) in [6.07, 6.45) is 0. The molecule has 114 valence electrons. The molecule has 4 N–H and O–H groups in total. The zero-order chi connectivity index (χ0) is 16.1. The van der Waals surface area contributed by atoms with Crippen molar-refractivity contribution in [1.29, 1.82) is 0 Å². The van der Waals surface area contributed by atoms with Gasteiger partial charge in [0.1, 0.15) is 5.75 Å². The zero-order valence-electron chi connectivity index (χ0n) is 11.7. The normalized spacial score (nSPS) is 9.86. The number of aromatic carboxylic acids is 1. The maximum absolute atomic E-state index is 11.3. The van der Waals surface area contributed by atoms with Gasteiger partial charge in [-0.15, -0.1) is 0 Å². The predicted octanol–water partition coefficient (Wildman–Crippen LogP) is 2.84. The highest BCUT2D eigenvalue weighted by Gasteiger charge is 2.13. The molecule has 2 aromatic carbocycles. The van der Waals surface area contributed by atoms with Gasteiger partial charge in [-0.05, 0) is 42.5 Å². The highest BCUT2D eigenvalue weighted by atomic mass is 32.1. The Morgan fingerprint density at radius 1 is 1.23 bits per heavy atom. The molecular weight excluding hydrogens is 304 g/mol. The van der Waals surface area contributed by atoms with Crippen LogP contribution in [0.2, 0.25) is 0 Å². The van der Waals surface area contributed by atoms with Gasteiger partial charge in [-0.1, -0.05) is 12.1 Å². The van der Waals surface area contributed by atoms with E-state index in [0.717, 1.165) is 0 Å². The monoisotopic (exact) mass is 318 g/mol. The molecule has 2 rings (SSSR count). The van der Waals surface area contributed by atoms with E-state index in [1.807, 2.05) is 6.07 Å². The molecule has 0 aromatic heterocycles. The third-order valence-electron chi connectivity index (χ3n) is 2.78. The summed E-state index contributed by atoms with van der Waals surface area (Å²) in [6, 6.07) is 11.6. The topological polar surface area (TPSA) is 93.8 Å². The number of carbonyl (C=O) groups is 1. The number of anilines is 1. The Morgan fingerprint density at radius 2 is 1.91 bits per heavy atom. The first-order valence-electron chi connectivity index (χ1n) is 6.26. The molecule has 0 spiro atoms. The lowest BCUT2D eigenvalue weighted by Gasteiger charge is -2.12. The van der Waals surface area contributed by atoms with Gasteiger partial charge in [-0.25, -0.2) is 4.79 Å². The molecule has 0 saturated heterocycles. The first kappa shape index (κ1) is 15.6. The lowest BCUT2D eigenvalue weighted by Crippen LogP contribution is -2.20. The number of ether oxygens (including phenoxy) is 2. The Labute approximate surface area is 132 Å². The molecule has 0 aliphatic heterocycles. The van der Waals surface area contributed by atoms with E-state index < -0.39 is 5.97 Å². The SMILES string of the molecule is COc1ccccc1Oc1ccc(NC(N)=S)c(C(=O)O)c1. The summed E-state index contributed by atoms with van der Waals surface area (Å²) < 4.78 is 10.9. The van der Waals surface area contributed by atoms with Crippen molar-refractivity contribution < 1.29 is 19.4 Å². The van der Waals surface area contributed by atoms with Gasteiger partial charge in [0.2, 0.25) is 0 Å². The number of para-hydroxylation sites is 2. The molecule has 0 saturated carbocycles. The maximum atomic E-state index is 11.3. The van der Waals surface area contributed by atoms with Crippen LogP contribution in [0, 0.1) is 0 Å². The summed E-state index contributed by atoms with van der Waals surface area (Å²) in [5.41, 5.74) is 5.67. The molecule has 0 radical (unpaired) electrons. The molecule has 2 aromatic rings. The van der Waals surface area contributed by atoms with E-state index in [4.69, 9.17) is 27.4 Å². The van der Waals surface area contributed by atoms with Crippen LogP contribution in [0.25, 0.3) is 0 Å². The highest BCUT2D eigenvalue weighted by molar-refractivity contribution is 7.80. The molecule has 0 aliphatic rings. The van der Waals surface area contributed by atoms with Gasteiger partial charge in [-0.2, -0.15) is 0 Å². The number of nitrogens with two attached hydrogens (primary N) is 1. The summed E-state index contributed by atoms with van der Waals surface area (Å²) in [6.45, 7) is 0. The Kier molecular flexibility index (Phi) is 4.80. The van der Waals surface area contributed by atoms with Gasteiger partial charge >= 0.3 is 5.97 Å². The molecular formula is C15H14N2O4S. The summed E-state index contributed by atoms with van der Waals surface area (Å²) >= 11 is 4.72. The second kappa shape index (κ2) is 6.77. The van der Waals surface area contributed by atoms with Crippen molar-refractivity contribution in [1.82, 2.24) is 0 Å². The fraction of sp³-hybridized carbons (Fsp3) is 0.0667. The van der Waals surface area contributed by atoms with Crippen LogP contribution in [0.15, 0.2) is 42.5 Å². The summed E-state index contributed by atoms with van der Waals surface area (Å²) in [7, 11) is 1.53. The van der Waals surface area contributed by atoms with E-state index in [-0.39, 0.29) is 10.7 Å². The third kappa shape index (κ3) is 3.64. The largest absolute Gasteiger partial charge is 0.493 e. The molecule has 0 aliphatic carbocycles. The van der Waals surface area contributed by atoms with Crippen LogP contribution in [-0.4, -0.2) is 23.3 Å². The average Bonchev–Trinajstić information content (AvgIpc) is 2.48. The van der Waals surface area contributed by atoms with Crippen LogP contribution in [0.3, 0.4) is 0 Å². The van der Waals surface area contributed by atoms with E-state index in [2.05, 4.69) is 5.32 Å². The fourth-order valence-electron chi connectivity index (χ4n) is 1.84. The van der Waals surface area contributed by atoms with Gasteiger partial charge in [0.25, 0.3) is 0 Å². The third-order valence-corrected chi connectivity index (χ3v) is 2.88. The number of nitrogens with one attached hydrogen (secondary N) is 1.